The maximum absolute atomic E-state index is 2.46. The molecule has 0 atom stereocenters. The average molecular weight is 729 g/mol. The summed E-state index contributed by atoms with van der Waals surface area (Å²) in [7, 11) is 0. The van der Waals surface area contributed by atoms with Crippen molar-refractivity contribution in [2.75, 3.05) is 0 Å². The van der Waals surface area contributed by atoms with Crippen molar-refractivity contribution >= 4 is 74.6 Å². The van der Waals surface area contributed by atoms with E-state index in [-0.39, 0.29) is 5.41 Å². The van der Waals surface area contributed by atoms with Gasteiger partial charge in [-0.25, -0.2) is 0 Å². The molecule has 10 aromatic carbocycles. The summed E-state index contributed by atoms with van der Waals surface area (Å²) < 4.78 is 2.80. The predicted octanol–water partition coefficient (Wildman–Crippen LogP) is 16.0. The standard InChI is InChI=1S/C55H36S/c1-55(2)48-29-28-46-45-26-24-33-12-6-7-15-40(33)53(45)56-54(46)52(48)47-27-25-38(32-49(47)55)36-20-21-37-31-39(23-22-35(37)30-36)51-43-18-10-8-16-41(43)50(34-13-4-3-5-14-34)42-17-9-11-19-44(42)51/h3-32H,1-2H3. The van der Waals surface area contributed by atoms with Crippen LogP contribution >= 0.6 is 11.3 Å². The second kappa shape index (κ2) is 11.7. The summed E-state index contributed by atoms with van der Waals surface area (Å²) in [5.41, 5.74) is 13.1. The Bertz CT molecular complexity index is 3380. The van der Waals surface area contributed by atoms with Crippen molar-refractivity contribution < 1.29 is 0 Å². The molecule has 1 heterocycles. The van der Waals surface area contributed by atoms with Crippen LogP contribution in [0.15, 0.2) is 182 Å². The normalized spacial score (nSPS) is 13.3. The second-order valence-corrected chi connectivity index (χ2v) is 17.0. The fourth-order valence-electron chi connectivity index (χ4n) is 9.90. The molecule has 56 heavy (non-hydrogen) atoms. The summed E-state index contributed by atoms with van der Waals surface area (Å²) in [6.45, 7) is 4.80. The van der Waals surface area contributed by atoms with Crippen LogP contribution in [0.2, 0.25) is 0 Å². The highest BCUT2D eigenvalue weighted by atomic mass is 32.1. The molecule has 262 valence electrons. The van der Waals surface area contributed by atoms with E-state index in [1.54, 1.807) is 0 Å². The molecule has 0 N–H and O–H groups in total. The molecule has 0 saturated carbocycles. The fourth-order valence-corrected chi connectivity index (χ4v) is 11.3. The van der Waals surface area contributed by atoms with Gasteiger partial charge in [-0.3, -0.25) is 0 Å². The van der Waals surface area contributed by atoms with Crippen molar-refractivity contribution in [3.8, 4) is 44.5 Å². The monoisotopic (exact) mass is 728 g/mol. The van der Waals surface area contributed by atoms with Crippen LogP contribution in [0.1, 0.15) is 25.0 Å². The zero-order valence-corrected chi connectivity index (χ0v) is 32.0. The Hall–Kier alpha value is -6.54. The molecule has 0 spiro atoms. The lowest BCUT2D eigenvalue weighted by atomic mass is 9.81. The van der Waals surface area contributed by atoms with E-state index in [0.717, 1.165) is 0 Å². The highest BCUT2D eigenvalue weighted by Crippen LogP contribution is 2.55. The third-order valence-corrected chi connectivity index (χ3v) is 13.9. The van der Waals surface area contributed by atoms with Gasteiger partial charge >= 0.3 is 0 Å². The summed E-state index contributed by atoms with van der Waals surface area (Å²) in [4.78, 5) is 0. The molecule has 0 radical (unpaired) electrons. The summed E-state index contributed by atoms with van der Waals surface area (Å²) in [6.07, 6.45) is 0. The van der Waals surface area contributed by atoms with Gasteiger partial charge in [0, 0.05) is 31.2 Å². The smallest absolute Gasteiger partial charge is 0.0437 e. The summed E-state index contributed by atoms with van der Waals surface area (Å²) in [5.74, 6) is 0. The molecule has 1 heteroatoms. The predicted molar refractivity (Wildman–Crippen MR) is 243 cm³/mol. The van der Waals surface area contributed by atoms with E-state index >= 15 is 0 Å². The lowest BCUT2D eigenvalue weighted by molar-refractivity contribution is 0.661. The van der Waals surface area contributed by atoms with Crippen LogP contribution in [0.5, 0.6) is 0 Å². The molecule has 0 nitrogen and oxygen atoms in total. The number of hydrogen-bond acceptors (Lipinski definition) is 1. The number of benzene rings is 10. The summed E-state index contributed by atoms with van der Waals surface area (Å²) in [5, 5.41) is 13.0. The fraction of sp³-hybridized carbons (Fsp3) is 0.0545. The molecule has 0 aliphatic heterocycles. The van der Waals surface area contributed by atoms with Crippen molar-refractivity contribution in [1.82, 2.24) is 0 Å². The maximum atomic E-state index is 2.46. The van der Waals surface area contributed by atoms with Gasteiger partial charge in [0.25, 0.3) is 0 Å². The number of rotatable bonds is 3. The van der Waals surface area contributed by atoms with Gasteiger partial charge in [-0.2, -0.15) is 0 Å². The van der Waals surface area contributed by atoms with Gasteiger partial charge in [0.05, 0.1) is 0 Å². The van der Waals surface area contributed by atoms with E-state index < -0.39 is 0 Å². The minimum absolute atomic E-state index is 0.0968. The highest BCUT2D eigenvalue weighted by Gasteiger charge is 2.37. The minimum Gasteiger partial charge on any atom is -0.134 e. The number of fused-ring (bicyclic) bond motifs is 12. The van der Waals surface area contributed by atoms with Crippen LogP contribution in [-0.4, -0.2) is 0 Å². The first-order chi connectivity index (χ1) is 27.5. The van der Waals surface area contributed by atoms with Crippen molar-refractivity contribution in [3.05, 3.63) is 193 Å². The Kier molecular flexibility index (Phi) is 6.66. The van der Waals surface area contributed by atoms with E-state index in [0.29, 0.717) is 0 Å². The van der Waals surface area contributed by atoms with Crippen molar-refractivity contribution in [2.24, 2.45) is 0 Å². The van der Waals surface area contributed by atoms with Crippen LogP contribution in [0.3, 0.4) is 0 Å². The number of hydrogen-bond donors (Lipinski definition) is 0. The van der Waals surface area contributed by atoms with Gasteiger partial charge in [0.2, 0.25) is 0 Å². The molecule has 1 aliphatic carbocycles. The van der Waals surface area contributed by atoms with E-state index in [4.69, 9.17) is 0 Å². The number of thiophene rings is 1. The van der Waals surface area contributed by atoms with Gasteiger partial charge in [0.1, 0.15) is 0 Å². The molecule has 1 aliphatic rings. The molecule has 0 amide bonds. The summed E-state index contributed by atoms with van der Waals surface area (Å²) in [6, 6.07) is 68.0. The first-order valence-electron chi connectivity index (χ1n) is 19.6. The highest BCUT2D eigenvalue weighted by molar-refractivity contribution is 7.27. The Morgan fingerprint density at radius 2 is 0.839 bits per heavy atom. The SMILES string of the molecule is CC1(C)c2cc(-c3ccc4cc(-c5c6ccccc6c(-c6ccccc6)c6ccccc56)ccc4c3)ccc2-c2c1ccc1c2sc2c3ccccc3ccc12. The molecular formula is C55H36S. The zero-order valence-electron chi connectivity index (χ0n) is 31.2. The molecule has 11 aromatic rings. The van der Waals surface area contributed by atoms with Crippen LogP contribution in [0.4, 0.5) is 0 Å². The topological polar surface area (TPSA) is 0 Å². The van der Waals surface area contributed by atoms with Crippen molar-refractivity contribution in [3.63, 3.8) is 0 Å². The van der Waals surface area contributed by atoms with E-state index in [9.17, 15) is 0 Å². The maximum Gasteiger partial charge on any atom is 0.0437 e. The first-order valence-corrected chi connectivity index (χ1v) is 20.4. The Balaban J connectivity index is 0.973. The van der Waals surface area contributed by atoms with Crippen molar-refractivity contribution in [1.29, 1.82) is 0 Å². The molecule has 1 aromatic heterocycles. The largest absolute Gasteiger partial charge is 0.134 e. The van der Waals surface area contributed by atoms with Crippen LogP contribution in [0.25, 0.3) is 108 Å². The van der Waals surface area contributed by atoms with Crippen LogP contribution in [-0.2, 0) is 5.41 Å². The molecule has 0 unspecified atom stereocenters. The lowest BCUT2D eigenvalue weighted by Crippen LogP contribution is -2.14. The van der Waals surface area contributed by atoms with Gasteiger partial charge in [-0.15, -0.1) is 11.3 Å². The Morgan fingerprint density at radius 3 is 1.55 bits per heavy atom. The molecule has 0 saturated heterocycles. The first kappa shape index (κ1) is 31.8. The third-order valence-electron chi connectivity index (χ3n) is 12.6. The van der Waals surface area contributed by atoms with E-state index in [2.05, 4.69) is 196 Å². The quantitative estimate of drug-likeness (QED) is 0.159. The molecular weight excluding hydrogens is 693 g/mol. The van der Waals surface area contributed by atoms with E-state index in [1.165, 1.54) is 119 Å². The molecule has 0 fully saturated rings. The summed E-state index contributed by atoms with van der Waals surface area (Å²) >= 11 is 1.96. The lowest BCUT2D eigenvalue weighted by Gasteiger charge is -2.22. The molecule has 12 rings (SSSR count). The minimum atomic E-state index is -0.0968. The van der Waals surface area contributed by atoms with Gasteiger partial charge in [-0.05, 0) is 111 Å². The third kappa shape index (κ3) is 4.47. The van der Waals surface area contributed by atoms with E-state index in [1.807, 2.05) is 11.3 Å². The second-order valence-electron chi connectivity index (χ2n) is 16.0. The van der Waals surface area contributed by atoms with Crippen LogP contribution in [0, 0.1) is 0 Å². The van der Waals surface area contributed by atoms with Gasteiger partial charge in [-0.1, -0.05) is 178 Å². The average Bonchev–Trinajstić information content (AvgIpc) is 3.74. The Labute approximate surface area is 329 Å². The van der Waals surface area contributed by atoms with Gasteiger partial charge in [0.15, 0.2) is 0 Å². The van der Waals surface area contributed by atoms with Gasteiger partial charge < -0.3 is 0 Å². The Morgan fingerprint density at radius 1 is 0.321 bits per heavy atom. The van der Waals surface area contributed by atoms with Crippen molar-refractivity contribution in [2.45, 2.75) is 19.3 Å². The molecule has 0 bridgehead atoms. The zero-order chi connectivity index (χ0) is 37.1. The van der Waals surface area contributed by atoms with Crippen LogP contribution < -0.4 is 0 Å².